The van der Waals surface area contributed by atoms with Crippen LogP contribution in [0, 0.1) is 0 Å². The van der Waals surface area contributed by atoms with E-state index in [2.05, 4.69) is 15.4 Å². The summed E-state index contributed by atoms with van der Waals surface area (Å²) in [6, 6.07) is 13.3. The highest BCUT2D eigenvalue weighted by molar-refractivity contribution is 6.06. The van der Waals surface area contributed by atoms with Gasteiger partial charge in [0, 0.05) is 5.56 Å². The van der Waals surface area contributed by atoms with Crippen molar-refractivity contribution >= 4 is 28.1 Å². The van der Waals surface area contributed by atoms with E-state index >= 15 is 0 Å². The lowest BCUT2D eigenvalue weighted by Crippen LogP contribution is -2.17. The van der Waals surface area contributed by atoms with E-state index in [4.69, 9.17) is 4.74 Å². The maximum Gasteiger partial charge on any atom is 0.290 e. The summed E-state index contributed by atoms with van der Waals surface area (Å²) in [5, 5.41) is 5.44. The first-order valence-corrected chi connectivity index (χ1v) is 7.79. The van der Waals surface area contributed by atoms with E-state index in [1.165, 1.54) is 7.11 Å². The number of benzene rings is 2. The molecule has 0 aliphatic rings. The number of aromatic nitrogens is 3. The van der Waals surface area contributed by atoms with Crippen molar-refractivity contribution in [3.63, 3.8) is 0 Å². The van der Waals surface area contributed by atoms with Gasteiger partial charge in [-0.05, 0) is 36.4 Å². The van der Waals surface area contributed by atoms with Crippen LogP contribution in [-0.2, 0) is 0 Å². The number of nitrogens with zero attached hydrogens (tertiary/aromatic N) is 1. The number of aromatic amines is 2. The van der Waals surface area contributed by atoms with Crippen molar-refractivity contribution in [3.8, 4) is 5.75 Å². The molecule has 8 nitrogen and oxygen atoms in total. The first-order valence-electron chi connectivity index (χ1n) is 7.79. The highest BCUT2D eigenvalue weighted by Crippen LogP contribution is 2.15. The number of carbonyl (C=O) groups excluding carboxylic acids is 1. The lowest BCUT2D eigenvalue weighted by Gasteiger charge is -2.05. The molecule has 2 heterocycles. The third-order valence-corrected chi connectivity index (χ3v) is 4.11. The molecular weight excluding hydrogens is 336 g/mol. The van der Waals surface area contributed by atoms with Gasteiger partial charge in [0.1, 0.15) is 5.75 Å². The van der Waals surface area contributed by atoms with Gasteiger partial charge >= 0.3 is 0 Å². The number of amides is 1. The van der Waals surface area contributed by atoms with Crippen LogP contribution in [0.25, 0.3) is 16.6 Å². The van der Waals surface area contributed by atoms with Crippen molar-refractivity contribution in [2.75, 3.05) is 12.4 Å². The number of ether oxygens (including phenoxy) is 1. The summed E-state index contributed by atoms with van der Waals surface area (Å²) in [6.07, 6.45) is 0. The first-order chi connectivity index (χ1) is 12.6. The Morgan fingerprint density at radius 3 is 2.54 bits per heavy atom. The van der Waals surface area contributed by atoms with E-state index in [-0.39, 0.29) is 16.9 Å². The summed E-state index contributed by atoms with van der Waals surface area (Å²) in [4.78, 5) is 40.3. The predicted octanol–water partition coefficient (Wildman–Crippen LogP) is 1.73. The molecule has 0 bridgehead atoms. The molecule has 0 saturated carbocycles. The molecule has 0 aliphatic heterocycles. The van der Waals surface area contributed by atoms with E-state index in [0.717, 1.165) is 4.52 Å². The van der Waals surface area contributed by atoms with Gasteiger partial charge in [-0.1, -0.05) is 12.1 Å². The van der Waals surface area contributed by atoms with Crippen molar-refractivity contribution in [3.05, 3.63) is 74.8 Å². The van der Waals surface area contributed by atoms with Crippen molar-refractivity contribution in [2.24, 2.45) is 0 Å². The fourth-order valence-electron chi connectivity index (χ4n) is 2.77. The monoisotopic (exact) mass is 350 g/mol. The normalized spacial score (nSPS) is 11.0. The van der Waals surface area contributed by atoms with Crippen LogP contribution < -0.4 is 21.2 Å². The van der Waals surface area contributed by atoms with Gasteiger partial charge in [0.2, 0.25) is 0 Å². The molecule has 0 atom stereocenters. The zero-order valence-electron chi connectivity index (χ0n) is 13.7. The third-order valence-electron chi connectivity index (χ3n) is 4.11. The Morgan fingerprint density at radius 1 is 1.08 bits per heavy atom. The molecule has 3 N–H and O–H groups in total. The van der Waals surface area contributed by atoms with Crippen LogP contribution in [0.15, 0.2) is 58.1 Å². The van der Waals surface area contributed by atoms with Crippen LogP contribution in [0.4, 0.5) is 5.69 Å². The van der Waals surface area contributed by atoms with Gasteiger partial charge in [0.15, 0.2) is 11.3 Å². The number of nitrogens with one attached hydrogen (secondary N) is 3. The molecule has 2 aromatic carbocycles. The third kappa shape index (κ3) is 2.44. The zero-order valence-corrected chi connectivity index (χ0v) is 13.7. The fourth-order valence-corrected chi connectivity index (χ4v) is 2.77. The average molecular weight is 350 g/mol. The van der Waals surface area contributed by atoms with E-state index in [1.54, 1.807) is 48.5 Å². The average Bonchev–Trinajstić information content (AvgIpc) is 2.98. The molecule has 0 spiro atoms. The molecule has 0 fully saturated rings. The Morgan fingerprint density at radius 2 is 1.81 bits per heavy atom. The lowest BCUT2D eigenvalue weighted by atomic mass is 10.2. The number of para-hydroxylation sites is 1. The summed E-state index contributed by atoms with van der Waals surface area (Å²) < 4.78 is 6.15. The Bertz CT molecular complexity index is 1250. The SMILES string of the molecule is COc1ccc(C(=O)Nc2c(=O)[nH]n3c(=O)c4ccccc4[nH]c23)cc1. The van der Waals surface area contributed by atoms with Gasteiger partial charge in [-0.25, -0.2) is 0 Å². The zero-order chi connectivity index (χ0) is 18.3. The Balaban J connectivity index is 1.81. The van der Waals surface area contributed by atoms with E-state index in [0.29, 0.717) is 22.2 Å². The Labute approximate surface area is 146 Å². The van der Waals surface area contributed by atoms with Gasteiger partial charge in [-0.15, -0.1) is 0 Å². The fraction of sp³-hybridized carbons (Fsp3) is 0.0556. The minimum Gasteiger partial charge on any atom is -0.497 e. The maximum atomic E-state index is 12.5. The van der Waals surface area contributed by atoms with Gasteiger partial charge in [-0.3, -0.25) is 19.5 Å². The van der Waals surface area contributed by atoms with Crippen LogP contribution in [0.5, 0.6) is 5.75 Å². The summed E-state index contributed by atoms with van der Waals surface area (Å²) >= 11 is 0. The first kappa shape index (κ1) is 15.7. The highest BCUT2D eigenvalue weighted by atomic mass is 16.5. The molecule has 4 aromatic rings. The quantitative estimate of drug-likeness (QED) is 0.523. The highest BCUT2D eigenvalue weighted by Gasteiger charge is 2.17. The smallest absolute Gasteiger partial charge is 0.290 e. The van der Waals surface area contributed by atoms with E-state index in [9.17, 15) is 14.4 Å². The van der Waals surface area contributed by atoms with Crippen molar-refractivity contribution in [1.82, 2.24) is 14.6 Å². The molecule has 1 amide bonds. The van der Waals surface area contributed by atoms with Crippen molar-refractivity contribution in [2.45, 2.75) is 0 Å². The number of hydrogen-bond donors (Lipinski definition) is 3. The maximum absolute atomic E-state index is 12.5. The van der Waals surface area contributed by atoms with Gasteiger partial charge < -0.3 is 15.0 Å². The second-order valence-electron chi connectivity index (χ2n) is 5.66. The second-order valence-corrected chi connectivity index (χ2v) is 5.66. The number of methoxy groups -OCH3 is 1. The van der Waals surface area contributed by atoms with E-state index in [1.807, 2.05) is 0 Å². The molecule has 0 unspecified atom stereocenters. The van der Waals surface area contributed by atoms with Gasteiger partial charge in [0.25, 0.3) is 17.0 Å². The predicted molar refractivity (Wildman–Crippen MR) is 97.1 cm³/mol. The Hall–Kier alpha value is -3.81. The summed E-state index contributed by atoms with van der Waals surface area (Å²) in [5.41, 5.74) is 0.144. The number of anilines is 1. The standard InChI is InChI=1S/C18H14N4O4/c1-26-11-8-6-10(7-9-11)16(23)20-14-15-19-13-5-3-2-4-12(13)18(25)22(15)21-17(14)24/h2-9,19H,1H3,(H,20,23)(H,21,24). The molecule has 8 heteroatoms. The molecule has 0 aliphatic carbocycles. The minimum absolute atomic E-state index is 0.0197. The van der Waals surface area contributed by atoms with Crippen LogP contribution in [0.1, 0.15) is 10.4 Å². The van der Waals surface area contributed by atoms with Crippen LogP contribution in [-0.4, -0.2) is 27.6 Å². The topological polar surface area (TPSA) is 108 Å². The molecule has 4 rings (SSSR count). The summed E-state index contributed by atoms with van der Waals surface area (Å²) in [6.45, 7) is 0. The minimum atomic E-state index is -0.574. The number of H-pyrrole nitrogens is 2. The van der Waals surface area contributed by atoms with Crippen LogP contribution >= 0.6 is 0 Å². The molecule has 0 saturated heterocycles. The number of fused-ring (bicyclic) bond motifs is 2. The molecule has 26 heavy (non-hydrogen) atoms. The summed E-state index contributed by atoms with van der Waals surface area (Å²) in [7, 11) is 1.53. The van der Waals surface area contributed by atoms with Crippen LogP contribution in [0.2, 0.25) is 0 Å². The van der Waals surface area contributed by atoms with Gasteiger partial charge in [-0.2, -0.15) is 4.52 Å². The second kappa shape index (κ2) is 5.92. The van der Waals surface area contributed by atoms with Crippen molar-refractivity contribution < 1.29 is 9.53 Å². The van der Waals surface area contributed by atoms with E-state index < -0.39 is 11.5 Å². The van der Waals surface area contributed by atoms with Crippen LogP contribution in [0.3, 0.4) is 0 Å². The molecular formula is C18H14N4O4. The molecule has 2 aromatic heterocycles. The molecule has 0 radical (unpaired) electrons. The number of hydrogen-bond acceptors (Lipinski definition) is 4. The Kier molecular flexibility index (Phi) is 3.58. The lowest BCUT2D eigenvalue weighted by molar-refractivity contribution is 0.102. The summed E-state index contributed by atoms with van der Waals surface area (Å²) in [5.74, 6) is 0.143. The van der Waals surface area contributed by atoms with Crippen molar-refractivity contribution in [1.29, 1.82) is 0 Å². The van der Waals surface area contributed by atoms with Gasteiger partial charge in [0.05, 0.1) is 18.0 Å². The number of carbonyl (C=O) groups is 1. The largest absolute Gasteiger partial charge is 0.497 e. The molecule has 130 valence electrons. The number of rotatable bonds is 3.